The van der Waals surface area contributed by atoms with E-state index in [4.69, 9.17) is 5.11 Å². The second-order valence-corrected chi connectivity index (χ2v) is 5.54. The van der Waals surface area contributed by atoms with Crippen LogP contribution in [0.15, 0.2) is 0 Å². The molecule has 0 spiro atoms. The highest BCUT2D eigenvalue weighted by Gasteiger charge is 2.26. The molecule has 1 heterocycles. The topological polar surface area (TPSA) is 69.6 Å². The first kappa shape index (κ1) is 13.3. The van der Waals surface area contributed by atoms with E-state index < -0.39 is 5.97 Å². The number of nitrogens with one attached hydrogen (secondary N) is 1. The van der Waals surface area contributed by atoms with Crippen LogP contribution in [-0.2, 0) is 9.59 Å². The third kappa shape index (κ3) is 3.98. The molecule has 1 saturated heterocycles. The number of rotatable bonds is 5. The lowest BCUT2D eigenvalue weighted by molar-refractivity contribution is -0.138. The van der Waals surface area contributed by atoms with Crippen LogP contribution in [0.3, 0.4) is 0 Å². The highest BCUT2D eigenvalue weighted by molar-refractivity contribution is 5.78. The fourth-order valence-electron chi connectivity index (χ4n) is 3.02. The van der Waals surface area contributed by atoms with Crippen LogP contribution in [0.1, 0.15) is 38.5 Å². The molecule has 2 N–H and O–H groups in total. The number of carbonyl (C=O) groups is 2. The molecule has 1 unspecified atom stereocenters. The van der Waals surface area contributed by atoms with Gasteiger partial charge in [0.2, 0.25) is 5.91 Å². The average molecular weight is 254 g/mol. The van der Waals surface area contributed by atoms with E-state index in [-0.39, 0.29) is 18.2 Å². The zero-order chi connectivity index (χ0) is 13.0. The second-order valence-electron chi connectivity index (χ2n) is 5.54. The molecule has 102 valence electrons. The van der Waals surface area contributed by atoms with E-state index in [1.807, 2.05) is 0 Å². The number of carbonyl (C=O) groups excluding carboxylic acids is 1. The van der Waals surface area contributed by atoms with Gasteiger partial charge in [0.15, 0.2) is 0 Å². The summed E-state index contributed by atoms with van der Waals surface area (Å²) < 4.78 is 0. The molecule has 5 nitrogen and oxygen atoms in total. The molecule has 0 aromatic carbocycles. The number of amides is 1. The lowest BCUT2D eigenvalue weighted by Gasteiger charge is -2.17. The molecule has 1 atom stereocenters. The molecule has 0 radical (unpaired) electrons. The van der Waals surface area contributed by atoms with Gasteiger partial charge < -0.3 is 10.4 Å². The van der Waals surface area contributed by atoms with Gasteiger partial charge in [-0.3, -0.25) is 14.5 Å². The minimum Gasteiger partial charge on any atom is -0.481 e. The Bertz CT molecular complexity index is 313. The maximum absolute atomic E-state index is 11.8. The Hall–Kier alpha value is -1.10. The average Bonchev–Trinajstić information content (AvgIpc) is 2.89. The molecule has 2 fully saturated rings. The third-order valence-corrected chi connectivity index (χ3v) is 3.92. The highest BCUT2D eigenvalue weighted by Crippen LogP contribution is 2.20. The van der Waals surface area contributed by atoms with Crippen LogP contribution < -0.4 is 5.32 Å². The summed E-state index contributed by atoms with van der Waals surface area (Å²) in [6.07, 6.45) is 5.76. The molecule has 1 amide bonds. The van der Waals surface area contributed by atoms with E-state index >= 15 is 0 Å². The molecule has 0 bridgehead atoms. The molecule has 5 heteroatoms. The van der Waals surface area contributed by atoms with Gasteiger partial charge in [0.1, 0.15) is 0 Å². The summed E-state index contributed by atoms with van der Waals surface area (Å²) in [7, 11) is 0. The number of hydrogen-bond acceptors (Lipinski definition) is 3. The van der Waals surface area contributed by atoms with Gasteiger partial charge in [-0.2, -0.15) is 0 Å². The first-order valence-corrected chi connectivity index (χ1v) is 6.87. The summed E-state index contributed by atoms with van der Waals surface area (Å²) in [5.41, 5.74) is 0. The minimum absolute atomic E-state index is 0.0953. The monoisotopic (exact) mass is 254 g/mol. The Kier molecular flexibility index (Phi) is 4.58. The van der Waals surface area contributed by atoms with Gasteiger partial charge >= 0.3 is 5.97 Å². The van der Waals surface area contributed by atoms with Crippen molar-refractivity contribution >= 4 is 11.9 Å². The second kappa shape index (κ2) is 6.18. The van der Waals surface area contributed by atoms with Crippen LogP contribution in [0.2, 0.25) is 0 Å². The summed E-state index contributed by atoms with van der Waals surface area (Å²) in [5.74, 6) is -0.433. The standard InChI is InChI=1S/C13H22N2O3/c16-12(14-11-3-1-2-4-11)9-15-6-5-10(8-15)7-13(17)18/h10-11H,1-9H2,(H,14,16)(H,17,18). The smallest absolute Gasteiger partial charge is 0.303 e. The first-order chi connectivity index (χ1) is 8.63. The zero-order valence-corrected chi connectivity index (χ0v) is 10.7. The van der Waals surface area contributed by atoms with Crippen LogP contribution in [0.25, 0.3) is 0 Å². The number of carboxylic acids is 1. The number of nitrogens with zero attached hydrogens (tertiary/aromatic N) is 1. The Labute approximate surface area is 108 Å². The summed E-state index contributed by atoms with van der Waals surface area (Å²) in [4.78, 5) is 24.5. The summed E-state index contributed by atoms with van der Waals surface area (Å²) in [6, 6.07) is 0.370. The molecule has 0 aromatic rings. The van der Waals surface area contributed by atoms with Gasteiger partial charge in [0, 0.05) is 19.0 Å². The van der Waals surface area contributed by atoms with Gasteiger partial charge in [-0.05, 0) is 31.7 Å². The molecule has 2 rings (SSSR count). The maximum Gasteiger partial charge on any atom is 0.303 e. The van der Waals surface area contributed by atoms with E-state index in [9.17, 15) is 9.59 Å². The van der Waals surface area contributed by atoms with Crippen molar-refractivity contribution in [1.82, 2.24) is 10.2 Å². The van der Waals surface area contributed by atoms with Crippen LogP contribution in [0, 0.1) is 5.92 Å². The van der Waals surface area contributed by atoms with Crippen LogP contribution in [0.4, 0.5) is 0 Å². The summed E-state index contributed by atoms with van der Waals surface area (Å²) in [6.45, 7) is 2.01. The summed E-state index contributed by atoms with van der Waals surface area (Å²) in [5, 5.41) is 11.8. The quantitative estimate of drug-likeness (QED) is 0.763. The number of hydrogen-bond donors (Lipinski definition) is 2. The highest BCUT2D eigenvalue weighted by atomic mass is 16.4. The molecular formula is C13H22N2O3. The van der Waals surface area contributed by atoms with E-state index in [1.54, 1.807) is 0 Å². The van der Waals surface area contributed by atoms with E-state index in [1.165, 1.54) is 12.8 Å². The van der Waals surface area contributed by atoms with Gasteiger partial charge in [0.25, 0.3) is 0 Å². The molecule has 2 aliphatic rings. The zero-order valence-electron chi connectivity index (χ0n) is 10.7. The van der Waals surface area contributed by atoms with Crippen molar-refractivity contribution < 1.29 is 14.7 Å². The van der Waals surface area contributed by atoms with E-state index in [2.05, 4.69) is 10.2 Å². The molecule has 0 aromatic heterocycles. The molecule has 1 aliphatic carbocycles. The number of likely N-dealkylation sites (tertiary alicyclic amines) is 1. The van der Waals surface area contributed by atoms with Crippen molar-refractivity contribution in [1.29, 1.82) is 0 Å². The van der Waals surface area contributed by atoms with E-state index in [0.29, 0.717) is 12.6 Å². The Morgan fingerprint density at radius 2 is 1.94 bits per heavy atom. The molecule has 18 heavy (non-hydrogen) atoms. The largest absolute Gasteiger partial charge is 0.481 e. The van der Waals surface area contributed by atoms with Crippen molar-refractivity contribution in [3.63, 3.8) is 0 Å². The predicted octanol–water partition coefficient (Wildman–Crippen LogP) is 0.842. The fourth-order valence-corrected chi connectivity index (χ4v) is 3.02. The van der Waals surface area contributed by atoms with Crippen molar-refractivity contribution in [2.45, 2.75) is 44.6 Å². The molecule has 1 aliphatic heterocycles. The molecule has 1 saturated carbocycles. The minimum atomic E-state index is -0.739. The van der Waals surface area contributed by atoms with Crippen LogP contribution in [-0.4, -0.2) is 47.6 Å². The van der Waals surface area contributed by atoms with Crippen LogP contribution >= 0.6 is 0 Å². The Balaban J connectivity index is 1.67. The number of carboxylic acid groups (broad SMARTS) is 1. The van der Waals surface area contributed by atoms with Gasteiger partial charge in [-0.25, -0.2) is 0 Å². The fraction of sp³-hybridized carbons (Fsp3) is 0.846. The lowest BCUT2D eigenvalue weighted by Crippen LogP contribution is -2.40. The first-order valence-electron chi connectivity index (χ1n) is 6.87. The van der Waals surface area contributed by atoms with Gasteiger partial charge in [-0.1, -0.05) is 12.8 Å². The van der Waals surface area contributed by atoms with Crippen molar-refractivity contribution in [3.8, 4) is 0 Å². The van der Waals surface area contributed by atoms with Crippen LogP contribution in [0.5, 0.6) is 0 Å². The maximum atomic E-state index is 11.8. The summed E-state index contributed by atoms with van der Waals surface area (Å²) >= 11 is 0. The van der Waals surface area contributed by atoms with Crippen molar-refractivity contribution in [2.24, 2.45) is 5.92 Å². The van der Waals surface area contributed by atoms with E-state index in [0.717, 1.165) is 32.4 Å². The van der Waals surface area contributed by atoms with Crippen molar-refractivity contribution in [2.75, 3.05) is 19.6 Å². The normalized spacial score (nSPS) is 25.4. The Morgan fingerprint density at radius 3 is 2.61 bits per heavy atom. The van der Waals surface area contributed by atoms with Gasteiger partial charge in [0.05, 0.1) is 6.54 Å². The third-order valence-electron chi connectivity index (χ3n) is 3.92. The SMILES string of the molecule is O=C(O)CC1CCN(CC(=O)NC2CCCC2)C1. The Morgan fingerprint density at radius 1 is 1.22 bits per heavy atom. The van der Waals surface area contributed by atoms with Crippen molar-refractivity contribution in [3.05, 3.63) is 0 Å². The lowest BCUT2D eigenvalue weighted by atomic mass is 10.1. The number of aliphatic carboxylic acids is 1. The molecular weight excluding hydrogens is 232 g/mol. The van der Waals surface area contributed by atoms with Gasteiger partial charge in [-0.15, -0.1) is 0 Å². The predicted molar refractivity (Wildman–Crippen MR) is 67.2 cm³/mol.